The van der Waals surface area contributed by atoms with Gasteiger partial charge in [0.2, 0.25) is 5.91 Å². The number of halogens is 4. The second-order valence-corrected chi connectivity index (χ2v) is 6.70. The first-order valence-electron chi connectivity index (χ1n) is 6.96. The van der Waals surface area contributed by atoms with Gasteiger partial charge in [-0.15, -0.1) is 0 Å². The summed E-state index contributed by atoms with van der Waals surface area (Å²) in [6, 6.07) is 6.38. The minimum Gasteiger partial charge on any atom is -0.486 e. The lowest BCUT2D eigenvalue weighted by atomic mass is 10.1. The molecule has 0 aliphatic carbocycles. The molecule has 1 N–H and O–H groups in total. The van der Waals surface area contributed by atoms with Gasteiger partial charge in [0, 0.05) is 0 Å². The lowest BCUT2D eigenvalue weighted by molar-refractivity contribution is -0.115. The van der Waals surface area contributed by atoms with Crippen LogP contribution in [0.15, 0.2) is 24.3 Å². The number of rotatable bonds is 3. The van der Waals surface area contributed by atoms with Gasteiger partial charge in [-0.25, -0.2) is 0 Å². The van der Waals surface area contributed by atoms with Crippen molar-refractivity contribution in [3.63, 3.8) is 0 Å². The normalized spacial score (nSPS) is 12.8. The van der Waals surface area contributed by atoms with Gasteiger partial charge in [0.1, 0.15) is 13.2 Å². The van der Waals surface area contributed by atoms with E-state index in [4.69, 9.17) is 55.9 Å². The quantitative estimate of drug-likeness (QED) is 0.707. The lowest BCUT2D eigenvalue weighted by Gasteiger charge is -2.20. The highest BCUT2D eigenvalue weighted by Crippen LogP contribution is 2.38. The Balaban J connectivity index is 1.76. The molecule has 2 aromatic carbocycles. The molecule has 0 radical (unpaired) electrons. The van der Waals surface area contributed by atoms with E-state index in [0.717, 1.165) is 0 Å². The molecule has 24 heavy (non-hydrogen) atoms. The predicted molar refractivity (Wildman–Crippen MR) is 96.2 cm³/mol. The van der Waals surface area contributed by atoms with E-state index in [2.05, 4.69) is 5.32 Å². The summed E-state index contributed by atoms with van der Waals surface area (Å²) in [4.78, 5) is 12.2. The van der Waals surface area contributed by atoms with Crippen molar-refractivity contribution in [3.05, 3.63) is 49.9 Å². The maximum atomic E-state index is 12.2. The number of hydrogen-bond donors (Lipinski definition) is 1. The molecule has 126 valence electrons. The van der Waals surface area contributed by atoms with E-state index in [-0.39, 0.29) is 12.3 Å². The Morgan fingerprint density at radius 2 is 1.62 bits per heavy atom. The van der Waals surface area contributed by atoms with Crippen LogP contribution in [0.3, 0.4) is 0 Å². The van der Waals surface area contributed by atoms with Gasteiger partial charge in [0.15, 0.2) is 11.5 Å². The first kappa shape index (κ1) is 17.5. The molecule has 8 heteroatoms. The SMILES string of the molecule is O=C(Cc1cc(Cl)c2c(c1)OCCO2)Nc1cc(Cl)c(Cl)cc1Cl. The zero-order valence-corrected chi connectivity index (χ0v) is 15.2. The van der Waals surface area contributed by atoms with Crippen molar-refractivity contribution in [2.75, 3.05) is 18.5 Å². The van der Waals surface area contributed by atoms with Crippen molar-refractivity contribution in [2.24, 2.45) is 0 Å². The first-order valence-corrected chi connectivity index (χ1v) is 8.47. The molecule has 1 heterocycles. The number of carbonyl (C=O) groups is 1. The van der Waals surface area contributed by atoms with Gasteiger partial charge in [-0.1, -0.05) is 46.4 Å². The molecular formula is C16H11Cl4NO3. The zero-order valence-electron chi connectivity index (χ0n) is 12.2. The molecule has 4 nitrogen and oxygen atoms in total. The highest BCUT2D eigenvalue weighted by molar-refractivity contribution is 6.44. The van der Waals surface area contributed by atoms with Crippen LogP contribution < -0.4 is 14.8 Å². The molecule has 0 bridgehead atoms. The van der Waals surface area contributed by atoms with Crippen LogP contribution in [0.5, 0.6) is 11.5 Å². The fourth-order valence-electron chi connectivity index (χ4n) is 2.26. The van der Waals surface area contributed by atoms with Gasteiger partial charge >= 0.3 is 0 Å². The second-order valence-electron chi connectivity index (χ2n) is 5.07. The maximum absolute atomic E-state index is 12.2. The number of carbonyl (C=O) groups excluding carboxylic acids is 1. The minimum absolute atomic E-state index is 0.0902. The number of ether oxygens (including phenoxy) is 2. The molecule has 0 fully saturated rings. The van der Waals surface area contributed by atoms with Crippen molar-refractivity contribution in [2.45, 2.75) is 6.42 Å². The molecule has 0 spiro atoms. The van der Waals surface area contributed by atoms with Crippen molar-refractivity contribution >= 4 is 58.0 Å². The summed E-state index contributed by atoms with van der Waals surface area (Å²) in [7, 11) is 0. The van der Waals surface area contributed by atoms with Crippen LogP contribution in [0.25, 0.3) is 0 Å². The van der Waals surface area contributed by atoms with Crippen LogP contribution in [0.2, 0.25) is 20.1 Å². The fraction of sp³-hybridized carbons (Fsp3) is 0.188. The molecule has 0 unspecified atom stereocenters. The van der Waals surface area contributed by atoms with E-state index in [9.17, 15) is 4.79 Å². The molecule has 1 amide bonds. The van der Waals surface area contributed by atoms with Gasteiger partial charge < -0.3 is 14.8 Å². The van der Waals surface area contributed by atoms with Gasteiger partial charge in [0.25, 0.3) is 0 Å². The fourth-order valence-corrected chi connectivity index (χ4v) is 3.15. The topological polar surface area (TPSA) is 47.6 Å². The van der Waals surface area contributed by atoms with Gasteiger partial charge in [-0.3, -0.25) is 4.79 Å². The van der Waals surface area contributed by atoms with E-state index in [1.54, 1.807) is 12.1 Å². The van der Waals surface area contributed by atoms with E-state index >= 15 is 0 Å². The Morgan fingerprint density at radius 1 is 0.917 bits per heavy atom. The maximum Gasteiger partial charge on any atom is 0.228 e. The Morgan fingerprint density at radius 3 is 2.42 bits per heavy atom. The molecule has 0 aromatic heterocycles. The summed E-state index contributed by atoms with van der Waals surface area (Å²) in [5, 5.41) is 4.03. The average molecular weight is 407 g/mol. The Hall–Kier alpha value is -1.33. The van der Waals surface area contributed by atoms with Crippen LogP contribution >= 0.6 is 46.4 Å². The molecular weight excluding hydrogens is 396 g/mol. The smallest absolute Gasteiger partial charge is 0.228 e. The lowest BCUT2D eigenvalue weighted by Crippen LogP contribution is -2.17. The van der Waals surface area contributed by atoms with Crippen molar-refractivity contribution in [3.8, 4) is 11.5 Å². The van der Waals surface area contributed by atoms with Gasteiger partial charge in [-0.2, -0.15) is 0 Å². The third-order valence-corrected chi connectivity index (χ3v) is 4.62. The van der Waals surface area contributed by atoms with Crippen molar-refractivity contribution in [1.82, 2.24) is 0 Å². The summed E-state index contributed by atoms with van der Waals surface area (Å²) in [6.07, 6.45) is 0.0902. The molecule has 2 aromatic rings. The number of anilines is 1. The van der Waals surface area contributed by atoms with E-state index in [1.165, 1.54) is 12.1 Å². The van der Waals surface area contributed by atoms with Crippen LogP contribution in [0.1, 0.15) is 5.56 Å². The standard InChI is InChI=1S/C16H11Cl4NO3/c17-9-6-11(19)13(7-10(9)18)21-15(22)5-8-3-12(20)16-14(4-8)23-1-2-24-16/h3-4,6-7H,1-2,5H2,(H,21,22). The number of nitrogens with one attached hydrogen (secondary N) is 1. The minimum atomic E-state index is -0.275. The Bertz CT molecular complexity index is 810. The van der Waals surface area contributed by atoms with Crippen LogP contribution in [0, 0.1) is 0 Å². The van der Waals surface area contributed by atoms with E-state index in [1.807, 2.05) is 0 Å². The molecule has 3 rings (SSSR count). The van der Waals surface area contributed by atoms with Crippen LogP contribution in [0.4, 0.5) is 5.69 Å². The average Bonchev–Trinajstić information content (AvgIpc) is 2.52. The molecule has 0 saturated heterocycles. The van der Waals surface area contributed by atoms with E-state index < -0.39 is 0 Å². The van der Waals surface area contributed by atoms with Crippen LogP contribution in [-0.2, 0) is 11.2 Å². The molecule has 1 aliphatic heterocycles. The molecule has 0 atom stereocenters. The Labute approximate surface area is 158 Å². The number of fused-ring (bicyclic) bond motifs is 1. The summed E-state index contributed by atoms with van der Waals surface area (Å²) in [5.74, 6) is 0.756. The Kier molecular flexibility index (Phi) is 5.30. The van der Waals surface area contributed by atoms with Gasteiger partial charge in [-0.05, 0) is 29.8 Å². The largest absolute Gasteiger partial charge is 0.486 e. The first-order chi connectivity index (χ1) is 11.4. The highest BCUT2D eigenvalue weighted by atomic mass is 35.5. The monoisotopic (exact) mass is 405 g/mol. The second kappa shape index (κ2) is 7.28. The molecule has 1 aliphatic rings. The predicted octanol–water partition coefficient (Wildman–Crippen LogP) is 5.25. The van der Waals surface area contributed by atoms with E-state index in [0.29, 0.717) is 56.1 Å². The zero-order chi connectivity index (χ0) is 17.3. The molecule has 0 saturated carbocycles. The summed E-state index contributed by atoms with van der Waals surface area (Å²) in [6.45, 7) is 0.889. The summed E-state index contributed by atoms with van der Waals surface area (Å²) < 4.78 is 10.9. The summed E-state index contributed by atoms with van der Waals surface area (Å²) in [5.41, 5.74) is 1.08. The van der Waals surface area contributed by atoms with Crippen LogP contribution in [-0.4, -0.2) is 19.1 Å². The summed E-state index contributed by atoms with van der Waals surface area (Å²) >= 11 is 24.0. The third-order valence-electron chi connectivity index (χ3n) is 3.31. The van der Waals surface area contributed by atoms with Crippen molar-refractivity contribution in [1.29, 1.82) is 0 Å². The van der Waals surface area contributed by atoms with Crippen molar-refractivity contribution < 1.29 is 14.3 Å². The number of hydrogen-bond acceptors (Lipinski definition) is 3. The number of amides is 1. The number of benzene rings is 2. The van der Waals surface area contributed by atoms with Gasteiger partial charge in [0.05, 0.1) is 32.2 Å². The highest BCUT2D eigenvalue weighted by Gasteiger charge is 2.18. The third kappa shape index (κ3) is 3.83.